The van der Waals surface area contributed by atoms with E-state index in [0.29, 0.717) is 0 Å². The van der Waals surface area contributed by atoms with Gasteiger partial charge < -0.3 is 4.74 Å². The van der Waals surface area contributed by atoms with Gasteiger partial charge in [-0.05, 0) is 45.4 Å². The van der Waals surface area contributed by atoms with Crippen molar-refractivity contribution in [3.05, 3.63) is 24.3 Å². The fourth-order valence-corrected chi connectivity index (χ4v) is 4.02. The molecule has 0 spiro atoms. The molecule has 150 valence electrons. The SMILES string of the molecule is CCCCCCCC[C@H]1CCC[C@@H]1CCC=CC=CC(=O)OC(C)(C)C. The van der Waals surface area contributed by atoms with Crippen molar-refractivity contribution in [3.8, 4) is 0 Å². The van der Waals surface area contributed by atoms with Gasteiger partial charge in [-0.1, -0.05) is 89.4 Å². The molecular weight excluding hydrogens is 320 g/mol. The number of rotatable bonds is 12. The summed E-state index contributed by atoms with van der Waals surface area (Å²) in [4.78, 5) is 11.6. The fraction of sp³-hybridized carbons (Fsp3) is 0.792. The molecule has 1 aliphatic carbocycles. The van der Waals surface area contributed by atoms with Crippen molar-refractivity contribution in [2.45, 2.75) is 110 Å². The zero-order valence-electron chi connectivity index (χ0n) is 17.8. The molecule has 0 amide bonds. The number of carbonyl (C=O) groups excluding carboxylic acids is 1. The zero-order valence-corrected chi connectivity index (χ0v) is 17.8. The Kier molecular flexibility index (Phi) is 11.6. The maximum Gasteiger partial charge on any atom is 0.331 e. The van der Waals surface area contributed by atoms with Crippen LogP contribution in [-0.2, 0) is 9.53 Å². The van der Waals surface area contributed by atoms with E-state index in [-0.39, 0.29) is 5.97 Å². The normalized spacial score (nSPS) is 21.1. The molecule has 2 atom stereocenters. The number of carbonyl (C=O) groups is 1. The summed E-state index contributed by atoms with van der Waals surface area (Å²) in [7, 11) is 0. The lowest BCUT2D eigenvalue weighted by molar-refractivity contribution is -0.148. The van der Waals surface area contributed by atoms with E-state index in [9.17, 15) is 4.79 Å². The van der Waals surface area contributed by atoms with E-state index < -0.39 is 5.60 Å². The van der Waals surface area contributed by atoms with Gasteiger partial charge in [0.2, 0.25) is 0 Å². The lowest BCUT2D eigenvalue weighted by Crippen LogP contribution is -2.22. The molecule has 0 N–H and O–H groups in total. The van der Waals surface area contributed by atoms with E-state index in [1.165, 1.54) is 76.7 Å². The standard InChI is InChI=1S/C24H42O2/c1-5-6-7-8-9-12-16-21-18-15-19-22(21)17-13-10-11-14-20-23(25)26-24(2,3)4/h10-11,14,20-22H,5-9,12-13,15-19H2,1-4H3/t21-,22-/m0/s1. The van der Waals surface area contributed by atoms with Crippen LogP contribution in [0.4, 0.5) is 0 Å². The highest BCUT2D eigenvalue weighted by atomic mass is 16.6. The average molecular weight is 363 g/mol. The second-order valence-corrected chi connectivity index (χ2v) is 8.91. The van der Waals surface area contributed by atoms with Crippen molar-refractivity contribution in [2.75, 3.05) is 0 Å². The van der Waals surface area contributed by atoms with Crippen LogP contribution in [0, 0.1) is 11.8 Å². The molecule has 1 aliphatic rings. The molecule has 1 rings (SSSR count). The molecule has 2 nitrogen and oxygen atoms in total. The Morgan fingerprint density at radius 3 is 2.31 bits per heavy atom. The van der Waals surface area contributed by atoms with Crippen LogP contribution in [0.3, 0.4) is 0 Å². The third-order valence-electron chi connectivity index (χ3n) is 5.34. The van der Waals surface area contributed by atoms with Gasteiger partial charge >= 0.3 is 5.97 Å². The predicted octanol–water partition coefficient (Wildman–Crippen LogP) is 7.39. The largest absolute Gasteiger partial charge is 0.457 e. The second-order valence-electron chi connectivity index (χ2n) is 8.91. The van der Waals surface area contributed by atoms with Crippen LogP contribution in [0.15, 0.2) is 24.3 Å². The summed E-state index contributed by atoms with van der Waals surface area (Å²) in [5.41, 5.74) is -0.418. The molecule has 1 saturated carbocycles. The van der Waals surface area contributed by atoms with Crippen LogP contribution >= 0.6 is 0 Å². The summed E-state index contributed by atoms with van der Waals surface area (Å²) in [5.74, 6) is 1.62. The van der Waals surface area contributed by atoms with Crippen LogP contribution in [0.2, 0.25) is 0 Å². The average Bonchev–Trinajstić information content (AvgIpc) is 2.99. The molecule has 0 aliphatic heterocycles. The molecule has 0 bridgehead atoms. The third-order valence-corrected chi connectivity index (χ3v) is 5.34. The maximum atomic E-state index is 11.6. The van der Waals surface area contributed by atoms with Gasteiger partial charge in [0, 0.05) is 6.08 Å². The molecule has 0 heterocycles. The van der Waals surface area contributed by atoms with E-state index in [1.54, 1.807) is 6.08 Å². The lowest BCUT2D eigenvalue weighted by atomic mass is 9.87. The van der Waals surface area contributed by atoms with E-state index in [0.717, 1.165) is 18.3 Å². The Hall–Kier alpha value is -1.05. The number of ether oxygens (including phenoxy) is 1. The Bertz CT molecular complexity index is 428. The van der Waals surface area contributed by atoms with Gasteiger partial charge in [0.15, 0.2) is 0 Å². The van der Waals surface area contributed by atoms with Gasteiger partial charge in [0.25, 0.3) is 0 Å². The Morgan fingerprint density at radius 2 is 1.62 bits per heavy atom. The van der Waals surface area contributed by atoms with Crippen LogP contribution < -0.4 is 0 Å². The van der Waals surface area contributed by atoms with Gasteiger partial charge in [0.1, 0.15) is 5.60 Å². The van der Waals surface area contributed by atoms with Crippen molar-refractivity contribution in [2.24, 2.45) is 11.8 Å². The van der Waals surface area contributed by atoms with E-state index >= 15 is 0 Å². The third kappa shape index (κ3) is 11.5. The van der Waals surface area contributed by atoms with Crippen LogP contribution in [0.25, 0.3) is 0 Å². The Balaban J connectivity index is 2.15. The van der Waals surface area contributed by atoms with Gasteiger partial charge in [-0.25, -0.2) is 4.79 Å². The highest BCUT2D eigenvalue weighted by Gasteiger charge is 2.25. The lowest BCUT2D eigenvalue weighted by Gasteiger charge is -2.18. The number of unbranched alkanes of at least 4 members (excludes halogenated alkanes) is 5. The molecule has 2 heteroatoms. The molecule has 1 fully saturated rings. The fourth-order valence-electron chi connectivity index (χ4n) is 4.02. The minimum atomic E-state index is -0.418. The van der Waals surface area contributed by atoms with Crippen molar-refractivity contribution in [1.82, 2.24) is 0 Å². The van der Waals surface area contributed by atoms with Crippen molar-refractivity contribution >= 4 is 5.97 Å². The molecule has 26 heavy (non-hydrogen) atoms. The summed E-state index contributed by atoms with van der Waals surface area (Å²) in [5, 5.41) is 0. The summed E-state index contributed by atoms with van der Waals surface area (Å²) < 4.78 is 5.25. The molecule has 0 aromatic rings. The zero-order chi connectivity index (χ0) is 19.3. The minimum absolute atomic E-state index is 0.267. The van der Waals surface area contributed by atoms with Crippen molar-refractivity contribution in [1.29, 1.82) is 0 Å². The molecule has 0 unspecified atom stereocenters. The summed E-state index contributed by atoms with van der Waals surface area (Å²) in [6.07, 6.45) is 24.1. The van der Waals surface area contributed by atoms with Crippen molar-refractivity contribution in [3.63, 3.8) is 0 Å². The van der Waals surface area contributed by atoms with E-state index in [4.69, 9.17) is 4.74 Å². The first-order valence-electron chi connectivity index (χ1n) is 11.0. The van der Waals surface area contributed by atoms with Gasteiger partial charge in [-0.2, -0.15) is 0 Å². The summed E-state index contributed by atoms with van der Waals surface area (Å²) in [6, 6.07) is 0. The second kappa shape index (κ2) is 13.2. The first-order chi connectivity index (χ1) is 12.4. The summed E-state index contributed by atoms with van der Waals surface area (Å²) >= 11 is 0. The van der Waals surface area contributed by atoms with Gasteiger partial charge in [0.05, 0.1) is 0 Å². The number of allylic oxidation sites excluding steroid dienone is 3. The van der Waals surface area contributed by atoms with Crippen LogP contribution in [0.5, 0.6) is 0 Å². The summed E-state index contributed by atoms with van der Waals surface area (Å²) in [6.45, 7) is 7.94. The first-order valence-corrected chi connectivity index (χ1v) is 11.0. The number of hydrogen-bond acceptors (Lipinski definition) is 2. The first kappa shape index (κ1) is 23.0. The minimum Gasteiger partial charge on any atom is -0.457 e. The molecule has 0 radical (unpaired) electrons. The Morgan fingerprint density at radius 1 is 0.962 bits per heavy atom. The quantitative estimate of drug-likeness (QED) is 0.157. The monoisotopic (exact) mass is 362 g/mol. The Labute approximate surface area is 162 Å². The highest BCUT2D eigenvalue weighted by molar-refractivity contribution is 5.82. The predicted molar refractivity (Wildman–Crippen MR) is 112 cm³/mol. The molecular formula is C24H42O2. The van der Waals surface area contributed by atoms with Crippen LogP contribution in [-0.4, -0.2) is 11.6 Å². The van der Waals surface area contributed by atoms with Crippen molar-refractivity contribution < 1.29 is 9.53 Å². The molecule has 0 saturated heterocycles. The van der Waals surface area contributed by atoms with E-state index in [2.05, 4.69) is 13.0 Å². The molecule has 0 aromatic carbocycles. The van der Waals surface area contributed by atoms with Gasteiger partial charge in [-0.3, -0.25) is 0 Å². The highest BCUT2D eigenvalue weighted by Crippen LogP contribution is 2.38. The maximum absolute atomic E-state index is 11.6. The number of hydrogen-bond donors (Lipinski definition) is 0. The van der Waals surface area contributed by atoms with Gasteiger partial charge in [-0.15, -0.1) is 0 Å². The smallest absolute Gasteiger partial charge is 0.331 e. The van der Waals surface area contributed by atoms with Crippen LogP contribution in [0.1, 0.15) is 105 Å². The molecule has 0 aromatic heterocycles. The topological polar surface area (TPSA) is 26.3 Å². The number of esters is 1. The van der Waals surface area contributed by atoms with E-state index in [1.807, 2.05) is 26.8 Å².